The fourth-order valence-electron chi connectivity index (χ4n) is 2.56. The number of benzene rings is 1. The van der Waals surface area contributed by atoms with Crippen LogP contribution in [-0.2, 0) is 6.42 Å². The molecule has 0 aliphatic carbocycles. The summed E-state index contributed by atoms with van der Waals surface area (Å²) in [5, 5.41) is 3.21. The number of fused-ring (bicyclic) bond motifs is 1. The van der Waals surface area contributed by atoms with E-state index in [2.05, 4.69) is 35.2 Å². The number of rotatable bonds is 3. The highest BCUT2D eigenvalue weighted by Crippen LogP contribution is 2.41. The number of anilines is 1. The van der Waals surface area contributed by atoms with E-state index in [1.807, 2.05) is 25.1 Å². The molecule has 20 heavy (non-hydrogen) atoms. The fourth-order valence-corrected chi connectivity index (χ4v) is 2.56. The molecule has 1 N–H and O–H groups in total. The highest BCUT2D eigenvalue weighted by Gasteiger charge is 2.32. The lowest BCUT2D eigenvalue weighted by Crippen LogP contribution is -2.24. The average molecular weight is 269 g/mol. The summed E-state index contributed by atoms with van der Waals surface area (Å²) in [6.45, 7) is 7.10. The number of hydrogen-bond acceptors (Lipinski definition) is 4. The number of hydrogen-bond donors (Lipinski definition) is 1. The van der Waals surface area contributed by atoms with Crippen LogP contribution in [0, 0.1) is 0 Å². The molecule has 0 bridgehead atoms. The van der Waals surface area contributed by atoms with Gasteiger partial charge in [0.15, 0.2) is 5.82 Å². The third-order valence-corrected chi connectivity index (χ3v) is 3.35. The van der Waals surface area contributed by atoms with Gasteiger partial charge in [0.05, 0.1) is 5.56 Å². The highest BCUT2D eigenvalue weighted by molar-refractivity contribution is 5.68. The van der Waals surface area contributed by atoms with E-state index in [0.717, 1.165) is 30.1 Å². The van der Waals surface area contributed by atoms with Gasteiger partial charge >= 0.3 is 0 Å². The van der Waals surface area contributed by atoms with E-state index in [1.54, 1.807) is 6.20 Å². The highest BCUT2D eigenvalue weighted by atomic mass is 16.5. The van der Waals surface area contributed by atoms with Crippen molar-refractivity contribution >= 4 is 5.82 Å². The molecule has 0 fully saturated rings. The first-order chi connectivity index (χ1) is 9.59. The molecule has 0 spiro atoms. The smallest absolute Gasteiger partial charge is 0.165 e. The molecule has 4 nitrogen and oxygen atoms in total. The van der Waals surface area contributed by atoms with Gasteiger partial charge in [-0.05, 0) is 38.5 Å². The Bertz CT molecular complexity index is 637. The zero-order valence-corrected chi connectivity index (χ0v) is 12.1. The Labute approximate surface area is 119 Å². The number of para-hydroxylation sites is 1. The van der Waals surface area contributed by atoms with E-state index >= 15 is 0 Å². The van der Waals surface area contributed by atoms with Crippen molar-refractivity contribution in [3.8, 4) is 17.1 Å². The minimum absolute atomic E-state index is 0.155. The molecular formula is C16H19N3O. The fraction of sp³-hybridized carbons (Fsp3) is 0.375. The molecule has 0 unspecified atom stereocenters. The lowest BCUT2D eigenvalue weighted by molar-refractivity contribution is 0.139. The Morgan fingerprint density at radius 2 is 2.15 bits per heavy atom. The first kappa shape index (κ1) is 12.9. The molecule has 1 aliphatic rings. The molecule has 0 amide bonds. The largest absolute Gasteiger partial charge is 0.486 e. The molecule has 1 aromatic heterocycles. The van der Waals surface area contributed by atoms with E-state index in [1.165, 1.54) is 5.56 Å². The van der Waals surface area contributed by atoms with Crippen molar-refractivity contribution < 1.29 is 4.74 Å². The first-order valence-corrected chi connectivity index (χ1v) is 6.97. The summed E-state index contributed by atoms with van der Waals surface area (Å²) in [6.07, 6.45) is 2.70. The van der Waals surface area contributed by atoms with Crippen LogP contribution >= 0.6 is 0 Å². The van der Waals surface area contributed by atoms with E-state index in [0.29, 0.717) is 5.82 Å². The number of nitrogens with zero attached hydrogens (tertiary/aromatic N) is 2. The summed E-state index contributed by atoms with van der Waals surface area (Å²) in [7, 11) is 0. The third-order valence-electron chi connectivity index (χ3n) is 3.35. The lowest BCUT2D eigenvalue weighted by atomic mass is 10.0. The molecule has 4 heteroatoms. The Morgan fingerprint density at radius 3 is 2.95 bits per heavy atom. The van der Waals surface area contributed by atoms with Gasteiger partial charge in [0.1, 0.15) is 17.2 Å². The molecule has 2 heterocycles. The topological polar surface area (TPSA) is 47.0 Å². The second kappa shape index (κ2) is 4.78. The van der Waals surface area contributed by atoms with Gasteiger partial charge in [-0.15, -0.1) is 0 Å². The van der Waals surface area contributed by atoms with Crippen LogP contribution in [0.2, 0.25) is 0 Å². The summed E-state index contributed by atoms with van der Waals surface area (Å²) in [5.74, 6) is 2.47. The van der Waals surface area contributed by atoms with Crippen LogP contribution in [0.4, 0.5) is 5.82 Å². The van der Waals surface area contributed by atoms with Crippen molar-refractivity contribution in [2.24, 2.45) is 0 Å². The van der Waals surface area contributed by atoms with Gasteiger partial charge in [0.25, 0.3) is 0 Å². The van der Waals surface area contributed by atoms with Crippen LogP contribution in [0.25, 0.3) is 11.4 Å². The lowest BCUT2D eigenvalue weighted by Gasteiger charge is -2.18. The minimum Gasteiger partial charge on any atom is -0.486 e. The van der Waals surface area contributed by atoms with Crippen molar-refractivity contribution in [3.05, 3.63) is 36.0 Å². The second-order valence-electron chi connectivity index (χ2n) is 5.63. The molecule has 0 atom stereocenters. The second-order valence-corrected chi connectivity index (χ2v) is 5.63. The van der Waals surface area contributed by atoms with Crippen LogP contribution < -0.4 is 10.1 Å². The molecular weight excluding hydrogens is 250 g/mol. The predicted molar refractivity (Wildman–Crippen MR) is 80.0 cm³/mol. The van der Waals surface area contributed by atoms with Gasteiger partial charge in [-0.1, -0.05) is 12.1 Å². The maximum atomic E-state index is 6.08. The number of nitrogens with one attached hydrogen (secondary N) is 1. The van der Waals surface area contributed by atoms with Gasteiger partial charge in [0.2, 0.25) is 0 Å². The standard InChI is InChI=1S/C16H19N3O/c1-4-17-13-8-9-18-15(19-13)12-7-5-6-11-10-16(2,3)20-14(11)12/h5-9H,4,10H2,1-3H3,(H,17,18,19). The van der Waals surface area contributed by atoms with Crippen LogP contribution in [0.5, 0.6) is 5.75 Å². The van der Waals surface area contributed by atoms with E-state index in [-0.39, 0.29) is 5.60 Å². The van der Waals surface area contributed by atoms with Crippen LogP contribution in [0.3, 0.4) is 0 Å². The summed E-state index contributed by atoms with van der Waals surface area (Å²) < 4.78 is 6.08. The summed E-state index contributed by atoms with van der Waals surface area (Å²) in [4.78, 5) is 8.94. The molecule has 2 aromatic rings. The molecule has 1 aliphatic heterocycles. The maximum Gasteiger partial charge on any atom is 0.165 e. The van der Waals surface area contributed by atoms with Gasteiger partial charge in [-0.3, -0.25) is 0 Å². The molecule has 0 saturated heterocycles. The van der Waals surface area contributed by atoms with Crippen molar-refractivity contribution in [3.63, 3.8) is 0 Å². The Kier molecular flexibility index (Phi) is 3.08. The minimum atomic E-state index is -0.155. The van der Waals surface area contributed by atoms with Gasteiger partial charge < -0.3 is 10.1 Å². The van der Waals surface area contributed by atoms with Crippen LogP contribution in [0.1, 0.15) is 26.3 Å². The van der Waals surface area contributed by atoms with Crippen LogP contribution in [-0.4, -0.2) is 22.1 Å². The Hall–Kier alpha value is -2.10. The molecule has 1 aromatic carbocycles. The summed E-state index contributed by atoms with van der Waals surface area (Å²) in [6, 6.07) is 8.05. The average Bonchev–Trinajstić information content (AvgIpc) is 2.73. The SMILES string of the molecule is CCNc1ccnc(-c2cccc3c2OC(C)(C)C3)n1. The van der Waals surface area contributed by atoms with Gasteiger partial charge in [0, 0.05) is 19.2 Å². The van der Waals surface area contributed by atoms with Gasteiger partial charge in [-0.25, -0.2) is 9.97 Å². The summed E-state index contributed by atoms with van der Waals surface area (Å²) >= 11 is 0. The molecule has 104 valence electrons. The monoisotopic (exact) mass is 269 g/mol. The normalized spacial score (nSPS) is 15.6. The third kappa shape index (κ3) is 2.33. The van der Waals surface area contributed by atoms with Crippen molar-refractivity contribution in [2.45, 2.75) is 32.8 Å². The predicted octanol–water partition coefficient (Wildman–Crippen LogP) is 3.29. The number of ether oxygens (including phenoxy) is 1. The maximum absolute atomic E-state index is 6.08. The quantitative estimate of drug-likeness (QED) is 0.928. The Balaban J connectivity index is 2.04. The molecule has 0 saturated carbocycles. The van der Waals surface area contributed by atoms with Crippen molar-refractivity contribution in [1.82, 2.24) is 9.97 Å². The van der Waals surface area contributed by atoms with E-state index < -0.39 is 0 Å². The van der Waals surface area contributed by atoms with Gasteiger partial charge in [-0.2, -0.15) is 0 Å². The Morgan fingerprint density at radius 1 is 1.30 bits per heavy atom. The zero-order chi connectivity index (χ0) is 14.2. The zero-order valence-electron chi connectivity index (χ0n) is 12.1. The molecule has 0 radical (unpaired) electrons. The first-order valence-electron chi connectivity index (χ1n) is 6.97. The van der Waals surface area contributed by atoms with E-state index in [9.17, 15) is 0 Å². The van der Waals surface area contributed by atoms with Crippen molar-refractivity contribution in [2.75, 3.05) is 11.9 Å². The molecule has 3 rings (SSSR count). The number of aromatic nitrogens is 2. The van der Waals surface area contributed by atoms with E-state index in [4.69, 9.17) is 4.74 Å². The van der Waals surface area contributed by atoms with Crippen LogP contribution in [0.15, 0.2) is 30.5 Å². The van der Waals surface area contributed by atoms with Crippen molar-refractivity contribution in [1.29, 1.82) is 0 Å². The summed E-state index contributed by atoms with van der Waals surface area (Å²) in [5.41, 5.74) is 2.04.